The maximum atomic E-state index is 11.1. The van der Waals surface area contributed by atoms with E-state index in [0.717, 1.165) is 12.1 Å². The van der Waals surface area contributed by atoms with Crippen LogP contribution in [-0.2, 0) is 11.3 Å². The van der Waals surface area contributed by atoms with E-state index in [1.165, 1.54) is 0 Å². The molecule has 1 rings (SSSR count). The van der Waals surface area contributed by atoms with Gasteiger partial charge in [-0.2, -0.15) is 0 Å². The van der Waals surface area contributed by atoms with E-state index < -0.39 is 0 Å². The molecule has 0 fully saturated rings. The molecule has 1 heterocycles. The van der Waals surface area contributed by atoms with Gasteiger partial charge >= 0.3 is 0 Å². The van der Waals surface area contributed by atoms with Crippen LogP contribution in [0.25, 0.3) is 0 Å². The van der Waals surface area contributed by atoms with Crippen molar-refractivity contribution in [1.82, 2.24) is 10.3 Å². The van der Waals surface area contributed by atoms with Crippen molar-refractivity contribution in [2.45, 2.75) is 26.3 Å². The zero-order chi connectivity index (χ0) is 10.4. The fourth-order valence-electron chi connectivity index (χ4n) is 1.10. The summed E-state index contributed by atoms with van der Waals surface area (Å²) >= 11 is 0. The molecule has 0 aliphatic rings. The van der Waals surface area contributed by atoms with Gasteiger partial charge in [-0.15, -0.1) is 0 Å². The molecular formula is C10H15N3O. The Kier molecular flexibility index (Phi) is 3.91. The summed E-state index contributed by atoms with van der Waals surface area (Å²) in [4.78, 5) is 15.2. The van der Waals surface area contributed by atoms with Crippen LogP contribution in [0.2, 0.25) is 0 Å². The highest BCUT2D eigenvalue weighted by atomic mass is 16.1. The number of nitrogens with two attached hydrogens (primary N) is 1. The second-order valence-electron chi connectivity index (χ2n) is 3.07. The molecule has 1 aromatic heterocycles. The molecule has 0 unspecified atom stereocenters. The highest BCUT2D eigenvalue weighted by Crippen LogP contribution is 2.05. The third-order valence-electron chi connectivity index (χ3n) is 1.86. The number of pyridine rings is 1. The third kappa shape index (κ3) is 3.05. The van der Waals surface area contributed by atoms with Crippen molar-refractivity contribution in [3.8, 4) is 0 Å². The summed E-state index contributed by atoms with van der Waals surface area (Å²) in [6, 6.07) is 3.54. The lowest BCUT2D eigenvalue weighted by molar-refractivity contribution is -0.121. The summed E-state index contributed by atoms with van der Waals surface area (Å²) < 4.78 is 0. The molecule has 4 nitrogen and oxygen atoms in total. The van der Waals surface area contributed by atoms with Gasteiger partial charge < -0.3 is 11.1 Å². The number of aromatic nitrogens is 1. The average molecular weight is 193 g/mol. The first-order valence-corrected chi connectivity index (χ1v) is 4.70. The van der Waals surface area contributed by atoms with E-state index in [-0.39, 0.29) is 5.91 Å². The third-order valence-corrected chi connectivity index (χ3v) is 1.86. The van der Waals surface area contributed by atoms with Crippen molar-refractivity contribution >= 4 is 11.6 Å². The number of amides is 1. The number of carbonyl (C=O) groups excluding carboxylic acids is 1. The first-order valence-electron chi connectivity index (χ1n) is 4.70. The van der Waals surface area contributed by atoms with Crippen LogP contribution in [0.4, 0.5) is 5.69 Å². The molecular weight excluding hydrogens is 178 g/mol. The second kappa shape index (κ2) is 5.21. The normalized spacial score (nSPS) is 9.79. The molecule has 0 spiro atoms. The molecule has 3 N–H and O–H groups in total. The Hall–Kier alpha value is -1.58. The maximum Gasteiger partial charge on any atom is 0.220 e. The molecule has 0 atom stereocenters. The number of nitrogens with zero attached hydrogens (tertiary/aromatic N) is 1. The lowest BCUT2D eigenvalue weighted by atomic mass is 10.3. The highest BCUT2D eigenvalue weighted by Gasteiger charge is 2.02. The monoisotopic (exact) mass is 193 g/mol. The van der Waals surface area contributed by atoms with E-state index in [4.69, 9.17) is 5.73 Å². The fraction of sp³-hybridized carbons (Fsp3) is 0.400. The van der Waals surface area contributed by atoms with Gasteiger partial charge in [0.05, 0.1) is 17.9 Å². The van der Waals surface area contributed by atoms with Crippen molar-refractivity contribution < 1.29 is 4.79 Å². The lowest BCUT2D eigenvalue weighted by Gasteiger charge is -2.05. The Balaban J connectivity index is 2.46. The second-order valence-corrected chi connectivity index (χ2v) is 3.07. The van der Waals surface area contributed by atoms with Crippen LogP contribution in [0.15, 0.2) is 18.3 Å². The van der Waals surface area contributed by atoms with Gasteiger partial charge in [-0.25, -0.2) is 0 Å². The minimum Gasteiger partial charge on any atom is -0.397 e. The maximum absolute atomic E-state index is 11.1. The van der Waals surface area contributed by atoms with E-state index in [0.29, 0.717) is 18.7 Å². The average Bonchev–Trinajstić information content (AvgIpc) is 2.17. The largest absolute Gasteiger partial charge is 0.397 e. The SMILES string of the molecule is CCCC(=O)NCc1ncccc1N. The van der Waals surface area contributed by atoms with Gasteiger partial charge in [0.2, 0.25) is 5.91 Å². The summed E-state index contributed by atoms with van der Waals surface area (Å²) in [5.41, 5.74) is 7.00. The Morgan fingerprint density at radius 1 is 1.64 bits per heavy atom. The molecule has 0 radical (unpaired) electrons. The van der Waals surface area contributed by atoms with E-state index in [1.54, 1.807) is 18.3 Å². The molecule has 0 saturated heterocycles. The summed E-state index contributed by atoms with van der Waals surface area (Å²) in [5, 5.41) is 2.76. The predicted molar refractivity (Wildman–Crippen MR) is 55.4 cm³/mol. The van der Waals surface area contributed by atoms with Crippen molar-refractivity contribution in [3.05, 3.63) is 24.0 Å². The van der Waals surface area contributed by atoms with Gasteiger partial charge in [0.25, 0.3) is 0 Å². The number of nitrogen functional groups attached to an aromatic ring is 1. The molecule has 4 heteroatoms. The number of hydrogen-bond acceptors (Lipinski definition) is 3. The van der Waals surface area contributed by atoms with Gasteiger partial charge in [0.1, 0.15) is 0 Å². The molecule has 0 bridgehead atoms. The van der Waals surface area contributed by atoms with Gasteiger partial charge in [-0.05, 0) is 18.6 Å². The highest BCUT2D eigenvalue weighted by molar-refractivity contribution is 5.75. The Morgan fingerprint density at radius 2 is 2.43 bits per heavy atom. The Morgan fingerprint density at radius 3 is 3.07 bits per heavy atom. The van der Waals surface area contributed by atoms with Crippen molar-refractivity contribution in [3.63, 3.8) is 0 Å². The number of nitrogens with one attached hydrogen (secondary N) is 1. The van der Waals surface area contributed by atoms with Crippen LogP contribution in [0.1, 0.15) is 25.5 Å². The Bertz CT molecular complexity index is 312. The van der Waals surface area contributed by atoms with E-state index in [1.807, 2.05) is 6.92 Å². The summed E-state index contributed by atoms with van der Waals surface area (Å²) in [7, 11) is 0. The van der Waals surface area contributed by atoms with Crippen molar-refractivity contribution in [1.29, 1.82) is 0 Å². The zero-order valence-corrected chi connectivity index (χ0v) is 8.29. The van der Waals surface area contributed by atoms with Crippen LogP contribution in [0, 0.1) is 0 Å². The molecule has 1 aromatic rings. The van der Waals surface area contributed by atoms with Crippen molar-refractivity contribution in [2.24, 2.45) is 0 Å². The van der Waals surface area contributed by atoms with E-state index in [2.05, 4.69) is 10.3 Å². The molecule has 0 aliphatic heterocycles. The fourth-order valence-corrected chi connectivity index (χ4v) is 1.10. The molecule has 14 heavy (non-hydrogen) atoms. The van der Waals surface area contributed by atoms with Gasteiger partial charge in [0, 0.05) is 12.6 Å². The predicted octanol–water partition coefficient (Wildman–Crippen LogP) is 1.08. The number of carbonyl (C=O) groups is 1. The van der Waals surface area contributed by atoms with E-state index in [9.17, 15) is 4.79 Å². The number of hydrogen-bond donors (Lipinski definition) is 2. The topological polar surface area (TPSA) is 68.0 Å². The van der Waals surface area contributed by atoms with E-state index >= 15 is 0 Å². The Labute approximate surface area is 83.5 Å². The molecule has 0 saturated carbocycles. The smallest absolute Gasteiger partial charge is 0.220 e. The first kappa shape index (κ1) is 10.5. The summed E-state index contributed by atoms with van der Waals surface area (Å²) in [5.74, 6) is 0.0394. The van der Waals surface area contributed by atoms with Crippen molar-refractivity contribution in [2.75, 3.05) is 5.73 Å². The molecule has 1 amide bonds. The van der Waals surface area contributed by atoms with Gasteiger partial charge in [-0.3, -0.25) is 9.78 Å². The standard InChI is InChI=1S/C10H15N3O/c1-2-4-10(14)13-7-9-8(11)5-3-6-12-9/h3,5-6H,2,4,7,11H2,1H3,(H,13,14). The first-order chi connectivity index (χ1) is 6.74. The minimum absolute atomic E-state index is 0.0394. The van der Waals surface area contributed by atoms with Crippen LogP contribution >= 0.6 is 0 Å². The minimum atomic E-state index is 0.0394. The quantitative estimate of drug-likeness (QED) is 0.751. The van der Waals surface area contributed by atoms with Gasteiger partial charge in [-0.1, -0.05) is 6.92 Å². The summed E-state index contributed by atoms with van der Waals surface area (Å²) in [6.45, 7) is 2.38. The van der Waals surface area contributed by atoms with Gasteiger partial charge in [0.15, 0.2) is 0 Å². The van der Waals surface area contributed by atoms with Crippen LogP contribution in [0.3, 0.4) is 0 Å². The molecule has 76 valence electrons. The lowest BCUT2D eigenvalue weighted by Crippen LogP contribution is -2.23. The molecule has 0 aliphatic carbocycles. The van der Waals surface area contributed by atoms with Crippen LogP contribution in [-0.4, -0.2) is 10.9 Å². The van der Waals surface area contributed by atoms with Crippen LogP contribution < -0.4 is 11.1 Å². The molecule has 0 aromatic carbocycles. The summed E-state index contributed by atoms with van der Waals surface area (Å²) in [6.07, 6.45) is 3.06. The van der Waals surface area contributed by atoms with Crippen LogP contribution in [0.5, 0.6) is 0 Å². The number of anilines is 1. The zero-order valence-electron chi connectivity index (χ0n) is 8.29. The number of rotatable bonds is 4.